The van der Waals surface area contributed by atoms with Gasteiger partial charge in [-0.2, -0.15) is 4.98 Å². The SMILES string of the molecule is Nc1ccn(C2COC(COCCOC3CCCCC3)O2)c(=O)n1. The van der Waals surface area contributed by atoms with Gasteiger partial charge in [0.25, 0.3) is 0 Å². The lowest BCUT2D eigenvalue weighted by atomic mass is 9.98. The molecule has 1 aromatic rings. The molecule has 8 heteroatoms. The lowest BCUT2D eigenvalue weighted by Crippen LogP contribution is -2.29. The maximum atomic E-state index is 11.8. The molecule has 2 fully saturated rings. The number of hydrogen-bond acceptors (Lipinski definition) is 7. The van der Waals surface area contributed by atoms with Gasteiger partial charge in [-0.25, -0.2) is 4.79 Å². The van der Waals surface area contributed by atoms with Crippen molar-refractivity contribution in [2.24, 2.45) is 0 Å². The van der Waals surface area contributed by atoms with E-state index in [0.717, 1.165) is 12.8 Å². The van der Waals surface area contributed by atoms with E-state index >= 15 is 0 Å². The molecule has 2 heterocycles. The molecule has 24 heavy (non-hydrogen) atoms. The Morgan fingerprint density at radius 2 is 2.12 bits per heavy atom. The molecule has 1 aliphatic carbocycles. The highest BCUT2D eigenvalue weighted by atomic mass is 16.7. The van der Waals surface area contributed by atoms with Crippen LogP contribution < -0.4 is 11.4 Å². The highest BCUT2D eigenvalue weighted by molar-refractivity contribution is 5.23. The smallest absolute Gasteiger partial charge is 0.351 e. The highest BCUT2D eigenvalue weighted by Gasteiger charge is 2.28. The van der Waals surface area contributed by atoms with Crippen molar-refractivity contribution < 1.29 is 18.9 Å². The first kappa shape index (κ1) is 17.3. The van der Waals surface area contributed by atoms with Crippen LogP contribution in [0.1, 0.15) is 38.3 Å². The van der Waals surface area contributed by atoms with Crippen molar-refractivity contribution in [2.45, 2.75) is 50.7 Å². The molecule has 0 spiro atoms. The lowest BCUT2D eigenvalue weighted by molar-refractivity contribution is -0.121. The molecule has 0 bridgehead atoms. The van der Waals surface area contributed by atoms with Gasteiger partial charge in [0.15, 0.2) is 12.5 Å². The van der Waals surface area contributed by atoms with Crippen molar-refractivity contribution in [2.75, 3.05) is 32.2 Å². The number of ether oxygens (including phenoxy) is 4. The topological polar surface area (TPSA) is 97.8 Å². The largest absolute Gasteiger partial charge is 0.383 e. The van der Waals surface area contributed by atoms with Crippen LogP contribution in [-0.4, -0.2) is 48.4 Å². The predicted octanol–water partition coefficient (Wildman–Crippen LogP) is 1.06. The summed E-state index contributed by atoms with van der Waals surface area (Å²) in [4.78, 5) is 15.4. The normalized spacial score (nSPS) is 25.2. The molecule has 134 valence electrons. The zero-order valence-electron chi connectivity index (χ0n) is 13.8. The number of aromatic nitrogens is 2. The van der Waals surface area contributed by atoms with Crippen molar-refractivity contribution in [3.8, 4) is 0 Å². The van der Waals surface area contributed by atoms with Crippen LogP contribution in [0.5, 0.6) is 0 Å². The van der Waals surface area contributed by atoms with Gasteiger partial charge in [-0.05, 0) is 18.9 Å². The summed E-state index contributed by atoms with van der Waals surface area (Å²) in [7, 11) is 0. The first-order valence-electron chi connectivity index (χ1n) is 8.53. The molecule has 0 radical (unpaired) electrons. The Bertz CT molecular complexity index is 573. The van der Waals surface area contributed by atoms with Gasteiger partial charge < -0.3 is 24.7 Å². The van der Waals surface area contributed by atoms with Crippen LogP contribution in [0, 0.1) is 0 Å². The fourth-order valence-electron chi connectivity index (χ4n) is 3.01. The third kappa shape index (κ3) is 4.76. The minimum atomic E-state index is -0.502. The van der Waals surface area contributed by atoms with Crippen LogP contribution in [-0.2, 0) is 18.9 Å². The van der Waals surface area contributed by atoms with Crippen molar-refractivity contribution in [3.05, 3.63) is 22.7 Å². The minimum Gasteiger partial charge on any atom is -0.383 e. The summed E-state index contributed by atoms with van der Waals surface area (Å²) in [5.41, 5.74) is 5.02. The van der Waals surface area contributed by atoms with E-state index in [2.05, 4.69) is 4.98 Å². The van der Waals surface area contributed by atoms with E-state index in [9.17, 15) is 4.79 Å². The Kier molecular flexibility index (Phi) is 6.19. The van der Waals surface area contributed by atoms with Crippen molar-refractivity contribution >= 4 is 5.82 Å². The average molecular weight is 339 g/mol. The average Bonchev–Trinajstić information content (AvgIpc) is 3.04. The van der Waals surface area contributed by atoms with E-state index in [1.54, 1.807) is 12.3 Å². The Morgan fingerprint density at radius 3 is 2.92 bits per heavy atom. The van der Waals surface area contributed by atoms with Crippen molar-refractivity contribution in [1.82, 2.24) is 9.55 Å². The molecule has 2 unspecified atom stereocenters. The van der Waals surface area contributed by atoms with E-state index in [0.29, 0.717) is 25.9 Å². The zero-order chi connectivity index (χ0) is 16.8. The summed E-state index contributed by atoms with van der Waals surface area (Å²) in [6.07, 6.45) is 7.09. The maximum absolute atomic E-state index is 11.8. The summed E-state index contributed by atoms with van der Waals surface area (Å²) in [5.74, 6) is 0.188. The third-order valence-corrected chi connectivity index (χ3v) is 4.28. The lowest BCUT2D eigenvalue weighted by Gasteiger charge is -2.22. The second-order valence-electron chi connectivity index (χ2n) is 6.10. The van der Waals surface area contributed by atoms with Crippen LogP contribution in [0.3, 0.4) is 0 Å². The number of anilines is 1. The molecule has 2 aliphatic rings. The fraction of sp³-hybridized carbons (Fsp3) is 0.750. The van der Waals surface area contributed by atoms with Crippen LogP contribution in [0.25, 0.3) is 0 Å². The molecule has 0 aromatic carbocycles. The number of rotatable bonds is 7. The third-order valence-electron chi connectivity index (χ3n) is 4.28. The predicted molar refractivity (Wildman–Crippen MR) is 86.4 cm³/mol. The number of hydrogen-bond donors (Lipinski definition) is 1. The first-order chi connectivity index (χ1) is 11.7. The number of nitrogens with zero attached hydrogens (tertiary/aromatic N) is 2. The monoisotopic (exact) mass is 339 g/mol. The summed E-state index contributed by atoms with van der Waals surface area (Å²) in [5, 5.41) is 0. The Hall–Kier alpha value is -1.48. The van der Waals surface area contributed by atoms with E-state index < -0.39 is 18.2 Å². The van der Waals surface area contributed by atoms with Crippen LogP contribution in [0.15, 0.2) is 17.1 Å². The molecule has 3 rings (SSSR count). The molecular formula is C16H25N3O5. The Morgan fingerprint density at radius 1 is 1.29 bits per heavy atom. The second-order valence-corrected chi connectivity index (χ2v) is 6.10. The van der Waals surface area contributed by atoms with Gasteiger partial charge in [0.1, 0.15) is 5.82 Å². The molecule has 2 N–H and O–H groups in total. The summed E-state index contributed by atoms with van der Waals surface area (Å²) >= 11 is 0. The van der Waals surface area contributed by atoms with E-state index in [-0.39, 0.29) is 12.4 Å². The molecule has 8 nitrogen and oxygen atoms in total. The molecule has 0 amide bonds. The van der Waals surface area contributed by atoms with Gasteiger partial charge in [-0.3, -0.25) is 4.57 Å². The van der Waals surface area contributed by atoms with E-state index in [4.69, 9.17) is 24.7 Å². The molecular weight excluding hydrogens is 314 g/mol. The van der Waals surface area contributed by atoms with E-state index in [1.807, 2.05) is 0 Å². The van der Waals surface area contributed by atoms with Crippen molar-refractivity contribution in [1.29, 1.82) is 0 Å². The van der Waals surface area contributed by atoms with E-state index in [1.165, 1.54) is 23.8 Å². The Balaban J connectivity index is 1.33. The molecule has 1 aromatic heterocycles. The van der Waals surface area contributed by atoms with Gasteiger partial charge in [-0.1, -0.05) is 19.3 Å². The fourth-order valence-corrected chi connectivity index (χ4v) is 3.01. The number of nitrogen functional groups attached to an aromatic ring is 1. The second kappa shape index (κ2) is 8.57. The number of nitrogens with two attached hydrogens (primary N) is 1. The van der Waals surface area contributed by atoms with Gasteiger partial charge in [0, 0.05) is 6.20 Å². The quantitative estimate of drug-likeness (QED) is 0.742. The van der Waals surface area contributed by atoms with Gasteiger partial charge in [0.2, 0.25) is 0 Å². The van der Waals surface area contributed by atoms with Gasteiger partial charge in [-0.15, -0.1) is 0 Å². The minimum absolute atomic E-state index is 0.188. The molecule has 2 atom stereocenters. The summed E-state index contributed by atoms with van der Waals surface area (Å²) in [6, 6.07) is 1.55. The molecule has 1 aliphatic heterocycles. The maximum Gasteiger partial charge on any atom is 0.351 e. The summed E-state index contributed by atoms with van der Waals surface area (Å²) in [6.45, 7) is 1.68. The highest BCUT2D eigenvalue weighted by Crippen LogP contribution is 2.21. The Labute approximate surface area is 140 Å². The molecule has 1 saturated heterocycles. The summed E-state index contributed by atoms with van der Waals surface area (Å²) < 4.78 is 23.9. The standard InChI is InChI=1S/C16H25N3O5/c17-13-6-7-19(16(20)18-13)14-10-23-15(24-14)11-21-8-9-22-12-4-2-1-3-5-12/h6-7,12,14-15H,1-5,8-11H2,(H2,17,18,20). The van der Waals surface area contributed by atoms with Gasteiger partial charge in [0.05, 0.1) is 32.5 Å². The van der Waals surface area contributed by atoms with Crippen LogP contribution in [0.4, 0.5) is 5.82 Å². The van der Waals surface area contributed by atoms with Crippen LogP contribution in [0.2, 0.25) is 0 Å². The first-order valence-corrected chi connectivity index (χ1v) is 8.53. The van der Waals surface area contributed by atoms with Crippen molar-refractivity contribution in [3.63, 3.8) is 0 Å². The van der Waals surface area contributed by atoms with Gasteiger partial charge >= 0.3 is 5.69 Å². The van der Waals surface area contributed by atoms with Crippen LogP contribution >= 0.6 is 0 Å². The zero-order valence-corrected chi connectivity index (χ0v) is 13.8. The molecule has 1 saturated carbocycles.